The molecular formula is C8H13N2O3PS. The molecule has 0 bridgehead atoms. The lowest BCUT2D eigenvalue weighted by Gasteiger charge is -2.11. The third-order valence-corrected chi connectivity index (χ3v) is 2.23. The molecule has 84 valence electrons. The Bertz CT molecular complexity index is 405. The molecule has 0 aliphatic rings. The molecule has 0 fully saturated rings. The summed E-state index contributed by atoms with van der Waals surface area (Å²) >= 11 is 4.36. The average Bonchev–Trinajstić information content (AvgIpc) is 1.99. The van der Waals surface area contributed by atoms with Crippen LogP contribution in [0.2, 0.25) is 0 Å². The molecule has 0 saturated heterocycles. The van der Waals surface area contributed by atoms with E-state index in [0.717, 1.165) is 0 Å². The van der Waals surface area contributed by atoms with Crippen molar-refractivity contribution in [1.82, 2.24) is 9.97 Å². The Hall–Kier alpha value is -0.550. The second-order valence-corrected chi connectivity index (χ2v) is 6.03. The van der Waals surface area contributed by atoms with Gasteiger partial charge in [-0.1, -0.05) is 13.8 Å². The first-order chi connectivity index (χ1) is 6.78. The van der Waals surface area contributed by atoms with E-state index in [-0.39, 0.29) is 11.8 Å². The van der Waals surface area contributed by atoms with Gasteiger partial charge in [-0.25, -0.2) is 4.98 Å². The lowest BCUT2D eigenvalue weighted by atomic mass is 10.2. The van der Waals surface area contributed by atoms with Crippen LogP contribution < -0.4 is 4.52 Å². The lowest BCUT2D eigenvalue weighted by molar-refractivity contribution is 0.363. The number of hydrogen-bond acceptors (Lipinski definition) is 4. The summed E-state index contributed by atoms with van der Waals surface area (Å²) in [5.41, 5.74) is 0.701. The van der Waals surface area contributed by atoms with E-state index in [1.54, 1.807) is 6.92 Å². The zero-order chi connectivity index (χ0) is 11.6. The second-order valence-electron chi connectivity index (χ2n) is 3.44. The molecule has 15 heavy (non-hydrogen) atoms. The van der Waals surface area contributed by atoms with Crippen LogP contribution in [0.25, 0.3) is 0 Å². The summed E-state index contributed by atoms with van der Waals surface area (Å²) in [6.45, 7) is 1.94. The van der Waals surface area contributed by atoms with Crippen molar-refractivity contribution in [2.75, 3.05) is 0 Å². The highest BCUT2D eigenvalue weighted by Gasteiger charge is 2.13. The molecule has 0 aliphatic carbocycles. The van der Waals surface area contributed by atoms with Crippen molar-refractivity contribution in [1.29, 1.82) is 0 Å². The summed E-state index contributed by atoms with van der Waals surface area (Å²) in [6, 6.07) is 1.51. The van der Waals surface area contributed by atoms with Crippen LogP contribution in [0, 0.1) is 6.92 Å². The van der Waals surface area contributed by atoms with Gasteiger partial charge in [0.15, 0.2) is 0 Å². The van der Waals surface area contributed by atoms with E-state index in [2.05, 4.69) is 21.8 Å². The average molecular weight is 248 g/mol. The van der Waals surface area contributed by atoms with Crippen LogP contribution in [0.4, 0.5) is 0 Å². The fourth-order valence-electron chi connectivity index (χ4n) is 0.989. The Kier molecular flexibility index (Phi) is 3.78. The molecular weight excluding hydrogens is 235 g/mol. The van der Waals surface area contributed by atoms with E-state index in [4.69, 9.17) is 14.3 Å². The Morgan fingerprint density at radius 2 is 2.00 bits per heavy atom. The van der Waals surface area contributed by atoms with Gasteiger partial charge in [0.2, 0.25) is 5.88 Å². The summed E-state index contributed by atoms with van der Waals surface area (Å²) in [4.78, 5) is 26.2. The molecule has 7 heteroatoms. The number of nitrogens with zero attached hydrogens (tertiary/aromatic N) is 2. The Morgan fingerprint density at radius 1 is 1.40 bits per heavy atom. The molecule has 5 nitrogen and oxygen atoms in total. The fraction of sp³-hybridized carbons (Fsp3) is 0.500. The molecule has 0 amide bonds. The molecule has 0 spiro atoms. The number of hydrogen-bond donors (Lipinski definition) is 2. The molecule has 0 atom stereocenters. The van der Waals surface area contributed by atoms with Crippen molar-refractivity contribution in [3.05, 3.63) is 17.6 Å². The first-order valence-corrected chi connectivity index (χ1v) is 7.01. The van der Waals surface area contributed by atoms with Gasteiger partial charge >= 0.3 is 6.72 Å². The van der Waals surface area contributed by atoms with Gasteiger partial charge in [0.25, 0.3) is 0 Å². The van der Waals surface area contributed by atoms with E-state index in [9.17, 15) is 0 Å². The van der Waals surface area contributed by atoms with Crippen LogP contribution in [-0.4, -0.2) is 19.8 Å². The fourth-order valence-corrected chi connectivity index (χ4v) is 1.55. The third-order valence-electron chi connectivity index (χ3n) is 1.58. The summed E-state index contributed by atoms with van der Waals surface area (Å²) in [7, 11) is 0. The van der Waals surface area contributed by atoms with E-state index >= 15 is 0 Å². The minimum absolute atomic E-state index is 0.111. The van der Waals surface area contributed by atoms with Crippen LogP contribution in [0.1, 0.15) is 31.3 Å². The molecule has 0 aromatic carbocycles. The monoisotopic (exact) mass is 248 g/mol. The van der Waals surface area contributed by atoms with Crippen molar-refractivity contribution in [3.8, 4) is 5.88 Å². The summed E-state index contributed by atoms with van der Waals surface area (Å²) in [6.07, 6.45) is 0. The molecule has 0 aliphatic heterocycles. The topological polar surface area (TPSA) is 75.5 Å². The van der Waals surface area contributed by atoms with Crippen molar-refractivity contribution >= 4 is 18.5 Å². The quantitative estimate of drug-likeness (QED) is 0.789. The van der Waals surface area contributed by atoms with E-state index in [1.165, 1.54) is 6.07 Å². The minimum Gasteiger partial charge on any atom is -0.406 e. The predicted molar refractivity (Wildman–Crippen MR) is 60.2 cm³/mol. The predicted octanol–water partition coefficient (Wildman–Crippen LogP) is 1.50. The van der Waals surface area contributed by atoms with Crippen molar-refractivity contribution in [2.24, 2.45) is 0 Å². The van der Waals surface area contributed by atoms with Crippen LogP contribution in [0.3, 0.4) is 0 Å². The Balaban J connectivity index is 3.04. The number of aromatic nitrogens is 2. The van der Waals surface area contributed by atoms with Gasteiger partial charge in [0, 0.05) is 29.5 Å². The third kappa shape index (κ3) is 4.22. The van der Waals surface area contributed by atoms with E-state index in [0.29, 0.717) is 11.5 Å². The van der Waals surface area contributed by atoms with Gasteiger partial charge in [-0.2, -0.15) is 4.98 Å². The molecule has 0 unspecified atom stereocenters. The molecule has 0 radical (unpaired) electrons. The summed E-state index contributed by atoms with van der Waals surface area (Å²) < 4.78 is 4.76. The van der Waals surface area contributed by atoms with E-state index < -0.39 is 6.72 Å². The first kappa shape index (κ1) is 12.5. The molecule has 1 aromatic heterocycles. The lowest BCUT2D eigenvalue weighted by Crippen LogP contribution is -2.02. The van der Waals surface area contributed by atoms with Crippen LogP contribution in [-0.2, 0) is 11.8 Å². The van der Waals surface area contributed by atoms with Crippen molar-refractivity contribution in [2.45, 2.75) is 26.7 Å². The Morgan fingerprint density at radius 3 is 2.47 bits per heavy atom. The van der Waals surface area contributed by atoms with Crippen molar-refractivity contribution in [3.63, 3.8) is 0 Å². The smallest absolute Gasteiger partial charge is 0.376 e. The molecule has 1 heterocycles. The van der Waals surface area contributed by atoms with Crippen LogP contribution in [0.15, 0.2) is 6.07 Å². The van der Waals surface area contributed by atoms with Gasteiger partial charge in [0.05, 0.1) is 0 Å². The van der Waals surface area contributed by atoms with Gasteiger partial charge in [-0.3, -0.25) is 0 Å². The van der Waals surface area contributed by atoms with Gasteiger partial charge in [0.1, 0.15) is 5.82 Å². The molecule has 0 saturated carbocycles. The SMILES string of the molecule is Cc1cc(OP(O)(O)=S)nc(C(C)C)n1. The highest BCUT2D eigenvalue weighted by Crippen LogP contribution is 2.37. The van der Waals surface area contributed by atoms with Gasteiger partial charge < -0.3 is 14.3 Å². The largest absolute Gasteiger partial charge is 0.406 e. The molecule has 1 aromatic rings. The maximum atomic E-state index is 8.99. The van der Waals surface area contributed by atoms with Gasteiger partial charge in [-0.05, 0) is 6.92 Å². The minimum atomic E-state index is -3.71. The Labute approximate surface area is 93.4 Å². The highest BCUT2D eigenvalue weighted by molar-refractivity contribution is 8.06. The van der Waals surface area contributed by atoms with Crippen LogP contribution in [0.5, 0.6) is 5.88 Å². The maximum absolute atomic E-state index is 8.99. The maximum Gasteiger partial charge on any atom is 0.376 e. The summed E-state index contributed by atoms with van der Waals surface area (Å²) in [5, 5.41) is 0. The zero-order valence-electron chi connectivity index (χ0n) is 8.71. The first-order valence-electron chi connectivity index (χ1n) is 4.38. The highest BCUT2D eigenvalue weighted by atomic mass is 32.5. The molecule has 2 N–H and O–H groups in total. The number of aryl methyl sites for hydroxylation is 1. The zero-order valence-corrected chi connectivity index (χ0v) is 10.4. The van der Waals surface area contributed by atoms with Gasteiger partial charge in [-0.15, -0.1) is 0 Å². The van der Waals surface area contributed by atoms with Crippen molar-refractivity contribution < 1.29 is 14.3 Å². The normalized spacial score (nSPS) is 11.9. The number of rotatable bonds is 3. The standard InChI is InChI=1S/C8H13N2O3PS/c1-5(2)8-9-6(3)4-7(10-8)13-14(11,12)15/h4-5H,1-3H3,(H2,11,12,15). The summed E-state index contributed by atoms with van der Waals surface area (Å²) in [5.74, 6) is 0.843. The van der Waals surface area contributed by atoms with Crippen LogP contribution >= 0.6 is 6.72 Å². The van der Waals surface area contributed by atoms with E-state index in [1.807, 2.05) is 13.8 Å². The molecule has 1 rings (SSSR count). The second kappa shape index (κ2) is 4.53.